The summed E-state index contributed by atoms with van der Waals surface area (Å²) in [6.07, 6.45) is 8.30. The third kappa shape index (κ3) is 15.1. The van der Waals surface area contributed by atoms with E-state index in [1.165, 1.54) is 12.8 Å². The number of aliphatic hydroxyl groups excluding tert-OH is 1. The van der Waals surface area contributed by atoms with Gasteiger partial charge in [0.15, 0.2) is 0 Å². The van der Waals surface area contributed by atoms with E-state index in [2.05, 4.69) is 0 Å². The van der Waals surface area contributed by atoms with E-state index in [9.17, 15) is 18.9 Å². The number of hydrogen-bond donors (Lipinski definition) is 1. The maximum absolute atomic E-state index is 12.1. The van der Waals surface area contributed by atoms with E-state index in [1.54, 1.807) is 13.8 Å². The lowest BCUT2D eigenvalue weighted by Crippen LogP contribution is -2.31. The molecule has 0 aromatic rings. The second-order valence-corrected chi connectivity index (χ2v) is 11.0. The largest absolute Gasteiger partial charge is 0.756 e. The van der Waals surface area contributed by atoms with Gasteiger partial charge in [0.2, 0.25) is 0 Å². The van der Waals surface area contributed by atoms with Crippen molar-refractivity contribution < 1.29 is 46.9 Å². The summed E-state index contributed by atoms with van der Waals surface area (Å²) in [5.74, 6) is 0. The lowest BCUT2D eigenvalue weighted by Gasteiger charge is -2.30. The van der Waals surface area contributed by atoms with Crippen LogP contribution in [-0.2, 0) is 32.0 Å². The molecule has 1 aliphatic heterocycles. The minimum absolute atomic E-state index is 0.0503. The molecule has 2 unspecified atom stereocenters. The summed E-state index contributed by atoms with van der Waals surface area (Å²) in [7, 11) is -9.02. The Hall–Kier alpha value is 0.140. The molecule has 12 heteroatoms. The highest BCUT2D eigenvalue weighted by Crippen LogP contribution is 2.44. The molecule has 0 aromatic carbocycles. The molecular formula is C20H40O10P2-2. The van der Waals surface area contributed by atoms with Gasteiger partial charge >= 0.3 is 0 Å². The molecule has 0 radical (unpaired) electrons. The van der Waals surface area contributed by atoms with Crippen LogP contribution >= 0.6 is 15.6 Å². The number of hydrogen-bond acceptors (Lipinski definition) is 10. The van der Waals surface area contributed by atoms with E-state index in [1.807, 2.05) is 0 Å². The van der Waals surface area contributed by atoms with Gasteiger partial charge in [-0.1, -0.05) is 51.4 Å². The summed E-state index contributed by atoms with van der Waals surface area (Å²) in [5, 5.41) is 8.72. The first-order valence-corrected chi connectivity index (χ1v) is 14.6. The summed E-state index contributed by atoms with van der Waals surface area (Å²) in [6.45, 7) is 3.27. The second kappa shape index (κ2) is 16.7. The van der Waals surface area contributed by atoms with Crippen molar-refractivity contribution in [3.63, 3.8) is 0 Å². The van der Waals surface area contributed by atoms with Crippen LogP contribution in [0.4, 0.5) is 0 Å². The Kier molecular flexibility index (Phi) is 15.8. The normalized spacial score (nSPS) is 22.8. The quantitative estimate of drug-likeness (QED) is 0.194. The van der Waals surface area contributed by atoms with Crippen LogP contribution in [0.25, 0.3) is 0 Å². The summed E-state index contributed by atoms with van der Waals surface area (Å²) >= 11 is 0. The summed E-state index contributed by atoms with van der Waals surface area (Å²) < 4.78 is 48.6. The van der Waals surface area contributed by atoms with Gasteiger partial charge in [-0.3, -0.25) is 9.13 Å². The Labute approximate surface area is 192 Å². The third-order valence-electron chi connectivity index (χ3n) is 4.95. The standard InChI is InChI=1S/C20H42O10P2/c1-18(2)29-32(24,25)28-17-20-19(13-16-26-20)30-31(22,23)27-15-12-10-8-6-4-3-5-7-9-11-14-21/h18-21H,3-17H2,1-2H3,(H,22,23)(H,24,25)/p-2/t19-,20+/m0/s1. The van der Waals surface area contributed by atoms with Gasteiger partial charge in [-0.15, -0.1) is 0 Å². The second-order valence-electron chi connectivity index (χ2n) is 8.28. The van der Waals surface area contributed by atoms with Crippen LogP contribution in [0, 0.1) is 0 Å². The molecule has 192 valence electrons. The van der Waals surface area contributed by atoms with Gasteiger partial charge in [-0.2, -0.15) is 0 Å². The molecule has 4 atom stereocenters. The van der Waals surface area contributed by atoms with E-state index in [0.717, 1.165) is 44.9 Å². The molecular weight excluding hydrogens is 462 g/mol. The smallest absolute Gasteiger partial charge is 0.268 e. The fourth-order valence-electron chi connectivity index (χ4n) is 3.36. The van der Waals surface area contributed by atoms with Crippen molar-refractivity contribution >= 4 is 15.6 Å². The molecule has 0 aliphatic carbocycles. The first-order valence-electron chi connectivity index (χ1n) is 11.7. The lowest BCUT2D eigenvalue weighted by molar-refractivity contribution is -0.234. The van der Waals surface area contributed by atoms with Gasteiger partial charge in [-0.25, -0.2) is 0 Å². The zero-order chi connectivity index (χ0) is 23.9. The van der Waals surface area contributed by atoms with Crippen LogP contribution in [0.2, 0.25) is 0 Å². The van der Waals surface area contributed by atoms with Gasteiger partial charge in [-0.05, 0) is 26.7 Å². The van der Waals surface area contributed by atoms with Crippen LogP contribution in [0.5, 0.6) is 0 Å². The minimum atomic E-state index is -4.53. The Morgan fingerprint density at radius 3 is 2.03 bits per heavy atom. The maximum Gasteiger partial charge on any atom is 0.268 e. The summed E-state index contributed by atoms with van der Waals surface area (Å²) in [6, 6.07) is 0. The molecule has 0 saturated carbocycles. The Balaban J connectivity index is 2.15. The predicted molar refractivity (Wildman–Crippen MR) is 116 cm³/mol. The third-order valence-corrected chi connectivity index (χ3v) is 7.13. The van der Waals surface area contributed by atoms with Crippen molar-refractivity contribution in [2.24, 2.45) is 0 Å². The van der Waals surface area contributed by atoms with E-state index in [0.29, 0.717) is 6.42 Å². The number of phosphoric acid groups is 2. The monoisotopic (exact) mass is 502 g/mol. The van der Waals surface area contributed by atoms with Crippen molar-refractivity contribution in [2.45, 2.75) is 103 Å². The molecule has 1 fully saturated rings. The first kappa shape index (κ1) is 30.2. The number of unbranched alkanes of at least 4 members (excludes halogenated alkanes) is 9. The van der Waals surface area contributed by atoms with Gasteiger partial charge < -0.3 is 37.7 Å². The van der Waals surface area contributed by atoms with Gasteiger partial charge in [0.05, 0.1) is 25.4 Å². The Morgan fingerprint density at radius 2 is 1.47 bits per heavy atom. The molecule has 1 aliphatic rings. The van der Waals surface area contributed by atoms with Crippen molar-refractivity contribution in [2.75, 3.05) is 26.4 Å². The van der Waals surface area contributed by atoms with Crippen molar-refractivity contribution in [3.8, 4) is 0 Å². The predicted octanol–water partition coefficient (Wildman–Crippen LogP) is 3.45. The zero-order valence-electron chi connectivity index (χ0n) is 19.4. The molecule has 32 heavy (non-hydrogen) atoms. The number of ether oxygens (including phenoxy) is 1. The van der Waals surface area contributed by atoms with E-state index < -0.39 is 34.0 Å². The van der Waals surface area contributed by atoms with Crippen LogP contribution in [0.1, 0.15) is 84.5 Å². The first-order chi connectivity index (χ1) is 15.2. The molecule has 0 spiro atoms. The molecule has 1 heterocycles. The van der Waals surface area contributed by atoms with E-state index in [-0.39, 0.29) is 32.8 Å². The number of phosphoric ester groups is 2. The van der Waals surface area contributed by atoms with Crippen LogP contribution < -0.4 is 9.79 Å². The minimum Gasteiger partial charge on any atom is -0.756 e. The molecule has 0 bridgehead atoms. The summed E-state index contributed by atoms with van der Waals surface area (Å²) in [5.41, 5.74) is 0. The fourth-order valence-corrected chi connectivity index (χ4v) is 5.25. The highest BCUT2D eigenvalue weighted by Gasteiger charge is 2.33. The van der Waals surface area contributed by atoms with Crippen molar-refractivity contribution in [1.29, 1.82) is 0 Å². The molecule has 10 nitrogen and oxygen atoms in total. The average Bonchev–Trinajstić information content (AvgIpc) is 3.12. The van der Waals surface area contributed by atoms with Gasteiger partial charge in [0.1, 0.15) is 6.10 Å². The molecule has 1 rings (SSSR count). The van der Waals surface area contributed by atoms with Crippen LogP contribution in [0.3, 0.4) is 0 Å². The zero-order valence-corrected chi connectivity index (χ0v) is 21.1. The van der Waals surface area contributed by atoms with Crippen LogP contribution in [0.15, 0.2) is 0 Å². The molecule has 1 N–H and O–H groups in total. The van der Waals surface area contributed by atoms with Gasteiger partial charge in [0, 0.05) is 19.6 Å². The lowest BCUT2D eigenvalue weighted by atomic mass is 10.1. The molecule has 0 amide bonds. The van der Waals surface area contributed by atoms with Crippen molar-refractivity contribution in [3.05, 3.63) is 0 Å². The maximum atomic E-state index is 12.1. The molecule has 1 saturated heterocycles. The molecule has 0 aromatic heterocycles. The Bertz CT molecular complexity index is 575. The summed E-state index contributed by atoms with van der Waals surface area (Å²) in [4.78, 5) is 23.8. The average molecular weight is 502 g/mol. The van der Waals surface area contributed by atoms with Crippen molar-refractivity contribution in [1.82, 2.24) is 0 Å². The number of aliphatic hydroxyl groups is 1. The highest BCUT2D eigenvalue weighted by molar-refractivity contribution is 7.46. The van der Waals surface area contributed by atoms with E-state index in [4.69, 9.17) is 27.9 Å². The van der Waals surface area contributed by atoms with Crippen LogP contribution in [-0.4, -0.2) is 49.8 Å². The van der Waals surface area contributed by atoms with E-state index >= 15 is 0 Å². The fraction of sp³-hybridized carbons (Fsp3) is 1.00. The highest BCUT2D eigenvalue weighted by atomic mass is 31.2. The number of rotatable bonds is 20. The topological polar surface area (TPSA) is 147 Å². The Morgan fingerprint density at radius 1 is 0.906 bits per heavy atom. The SMILES string of the molecule is CC(C)OP(=O)([O-])OC[C@H]1OCC[C@@H]1OP(=O)([O-])OCCCCCCCCCCCCO. The van der Waals surface area contributed by atoms with Gasteiger partial charge in [0.25, 0.3) is 15.6 Å².